The Kier molecular flexibility index (Phi) is 7.31. The zero-order valence-corrected chi connectivity index (χ0v) is 19.2. The quantitative estimate of drug-likeness (QED) is 0.574. The van der Waals surface area contributed by atoms with Crippen LogP contribution in [-0.4, -0.2) is 70.2 Å². The Labute approximate surface area is 192 Å². The number of anilines is 1. The Morgan fingerprint density at radius 2 is 1.91 bits per heavy atom. The van der Waals surface area contributed by atoms with E-state index in [0.717, 1.165) is 0 Å². The molecule has 2 aliphatic rings. The van der Waals surface area contributed by atoms with E-state index in [4.69, 9.17) is 18.9 Å². The molecule has 1 fully saturated rings. The van der Waals surface area contributed by atoms with Crippen molar-refractivity contribution >= 4 is 21.6 Å². The first-order chi connectivity index (χ1) is 16.0. The number of aromatic nitrogens is 1. The molecule has 0 spiro atoms. The number of benzene rings is 1. The van der Waals surface area contributed by atoms with Crippen molar-refractivity contribution in [1.29, 1.82) is 0 Å². The molecule has 4 rings (SSSR count). The van der Waals surface area contributed by atoms with E-state index in [-0.39, 0.29) is 29.8 Å². The van der Waals surface area contributed by atoms with Crippen LogP contribution in [0.25, 0.3) is 0 Å². The predicted octanol–water partition coefficient (Wildman–Crippen LogP) is 1.92. The fourth-order valence-corrected chi connectivity index (χ4v) is 5.23. The van der Waals surface area contributed by atoms with Crippen LogP contribution in [-0.2, 0) is 19.6 Å². The van der Waals surface area contributed by atoms with Crippen molar-refractivity contribution < 1.29 is 32.2 Å². The number of nitrogens with zero attached hydrogens (tertiary/aromatic N) is 2. The Hall–Kier alpha value is -2.89. The van der Waals surface area contributed by atoms with Crippen molar-refractivity contribution in [3.8, 4) is 17.4 Å². The van der Waals surface area contributed by atoms with E-state index in [1.54, 1.807) is 31.5 Å². The molecule has 0 unspecified atom stereocenters. The van der Waals surface area contributed by atoms with E-state index in [1.165, 1.54) is 16.4 Å². The number of carbonyl (C=O) groups is 1. The number of hydrogen-bond acceptors (Lipinski definition) is 8. The highest BCUT2D eigenvalue weighted by Gasteiger charge is 2.33. The van der Waals surface area contributed by atoms with Crippen LogP contribution in [0.15, 0.2) is 41.4 Å². The van der Waals surface area contributed by atoms with Gasteiger partial charge in [0, 0.05) is 38.4 Å². The van der Waals surface area contributed by atoms with E-state index in [9.17, 15) is 13.2 Å². The number of rotatable bonds is 8. The van der Waals surface area contributed by atoms with Gasteiger partial charge in [-0.25, -0.2) is 13.4 Å². The normalized spacial score (nSPS) is 16.9. The van der Waals surface area contributed by atoms with Gasteiger partial charge in [0.25, 0.3) is 0 Å². The summed E-state index contributed by atoms with van der Waals surface area (Å²) in [5.41, 5.74) is 0.477. The maximum absolute atomic E-state index is 13.1. The summed E-state index contributed by atoms with van der Waals surface area (Å²) in [6.07, 6.45) is 2.41. The summed E-state index contributed by atoms with van der Waals surface area (Å²) in [6.45, 7) is 2.03. The lowest BCUT2D eigenvalue weighted by molar-refractivity contribution is -0.120. The monoisotopic (exact) mass is 477 g/mol. The van der Waals surface area contributed by atoms with Crippen LogP contribution in [0.1, 0.15) is 12.8 Å². The zero-order chi connectivity index (χ0) is 23.3. The number of piperidine rings is 1. The summed E-state index contributed by atoms with van der Waals surface area (Å²) in [5.74, 6) is 0.786. The lowest BCUT2D eigenvalue weighted by Gasteiger charge is -2.31. The first-order valence-electron chi connectivity index (χ1n) is 10.8. The maximum Gasteiger partial charge on any atom is 0.243 e. The van der Waals surface area contributed by atoms with Gasteiger partial charge in [0.1, 0.15) is 25.5 Å². The van der Waals surface area contributed by atoms with Crippen LogP contribution in [0.3, 0.4) is 0 Å². The van der Waals surface area contributed by atoms with Gasteiger partial charge in [-0.2, -0.15) is 4.31 Å². The van der Waals surface area contributed by atoms with Crippen LogP contribution in [0.2, 0.25) is 0 Å². The number of nitrogens with one attached hydrogen (secondary N) is 1. The molecule has 0 bridgehead atoms. The Morgan fingerprint density at radius 1 is 1.15 bits per heavy atom. The van der Waals surface area contributed by atoms with E-state index < -0.39 is 10.0 Å². The van der Waals surface area contributed by atoms with Gasteiger partial charge in [-0.3, -0.25) is 4.79 Å². The largest absolute Gasteiger partial charge is 0.486 e. The van der Waals surface area contributed by atoms with Gasteiger partial charge in [0.15, 0.2) is 11.5 Å². The second kappa shape index (κ2) is 10.4. The van der Waals surface area contributed by atoms with Crippen molar-refractivity contribution in [2.45, 2.75) is 17.7 Å². The molecule has 0 atom stereocenters. The van der Waals surface area contributed by atoms with Crippen LogP contribution < -0.4 is 19.5 Å². The predicted molar refractivity (Wildman–Crippen MR) is 119 cm³/mol. The third kappa shape index (κ3) is 5.37. The summed E-state index contributed by atoms with van der Waals surface area (Å²) >= 11 is 0. The van der Waals surface area contributed by atoms with Gasteiger partial charge >= 0.3 is 0 Å². The molecule has 0 radical (unpaired) electrons. The average Bonchev–Trinajstić information content (AvgIpc) is 2.85. The van der Waals surface area contributed by atoms with E-state index in [2.05, 4.69) is 10.3 Å². The van der Waals surface area contributed by atoms with Gasteiger partial charge < -0.3 is 24.3 Å². The molecule has 1 aromatic carbocycles. The van der Waals surface area contributed by atoms with Crippen LogP contribution in [0.4, 0.5) is 5.69 Å². The SMILES string of the molecule is COCCOc1ncccc1NC(=O)C1CCN(S(=O)(=O)c2ccc3c(c2)OCCO3)CC1. The Bertz CT molecular complexity index is 1090. The van der Waals surface area contributed by atoms with Crippen molar-refractivity contribution in [1.82, 2.24) is 9.29 Å². The van der Waals surface area contributed by atoms with Gasteiger partial charge in [-0.15, -0.1) is 0 Å². The number of hydrogen-bond donors (Lipinski definition) is 1. The molecular weight excluding hydrogens is 450 g/mol. The second-order valence-electron chi connectivity index (χ2n) is 7.67. The van der Waals surface area contributed by atoms with E-state index in [0.29, 0.717) is 62.3 Å². The number of pyridine rings is 1. The standard InChI is InChI=1S/C22H27N3O7S/c1-29-11-12-32-22-18(3-2-8-23-22)24-21(26)16-6-9-25(10-7-16)33(27,28)17-4-5-19-20(15-17)31-14-13-30-19/h2-5,8,15-16H,6-7,9-14H2,1H3,(H,24,26). The third-order valence-electron chi connectivity index (χ3n) is 5.53. The van der Waals surface area contributed by atoms with Gasteiger partial charge in [0.05, 0.1) is 11.5 Å². The Balaban J connectivity index is 1.36. The van der Waals surface area contributed by atoms with Crippen molar-refractivity contribution in [2.24, 2.45) is 5.92 Å². The fraction of sp³-hybridized carbons (Fsp3) is 0.455. The maximum atomic E-state index is 13.1. The summed E-state index contributed by atoms with van der Waals surface area (Å²) < 4.78 is 49.1. The Morgan fingerprint density at radius 3 is 2.67 bits per heavy atom. The first-order valence-corrected chi connectivity index (χ1v) is 12.2. The number of methoxy groups -OCH3 is 1. The molecule has 11 heteroatoms. The fourth-order valence-electron chi connectivity index (χ4n) is 3.75. The number of ether oxygens (including phenoxy) is 4. The third-order valence-corrected chi connectivity index (χ3v) is 7.43. The number of sulfonamides is 1. The molecule has 0 saturated carbocycles. The molecule has 33 heavy (non-hydrogen) atoms. The van der Waals surface area contributed by atoms with Gasteiger partial charge in [-0.05, 0) is 37.1 Å². The molecule has 10 nitrogen and oxygen atoms in total. The average molecular weight is 478 g/mol. The molecule has 0 aliphatic carbocycles. The van der Waals surface area contributed by atoms with Crippen molar-refractivity contribution in [3.05, 3.63) is 36.5 Å². The van der Waals surface area contributed by atoms with Crippen LogP contribution in [0.5, 0.6) is 17.4 Å². The topological polar surface area (TPSA) is 116 Å². The lowest BCUT2D eigenvalue weighted by Crippen LogP contribution is -2.41. The second-order valence-corrected chi connectivity index (χ2v) is 9.61. The van der Waals surface area contributed by atoms with Crippen LogP contribution >= 0.6 is 0 Å². The highest BCUT2D eigenvalue weighted by Crippen LogP contribution is 2.34. The summed E-state index contributed by atoms with van der Waals surface area (Å²) in [4.78, 5) is 17.1. The highest BCUT2D eigenvalue weighted by atomic mass is 32.2. The van der Waals surface area contributed by atoms with Crippen LogP contribution in [0, 0.1) is 5.92 Å². The van der Waals surface area contributed by atoms with Crippen molar-refractivity contribution in [3.63, 3.8) is 0 Å². The summed E-state index contributed by atoms with van der Waals surface area (Å²) in [7, 11) is -2.12. The van der Waals surface area contributed by atoms with Gasteiger partial charge in [-0.1, -0.05) is 0 Å². The zero-order valence-electron chi connectivity index (χ0n) is 18.4. The number of amides is 1. The minimum Gasteiger partial charge on any atom is -0.486 e. The summed E-state index contributed by atoms with van der Waals surface area (Å²) in [5, 5.41) is 2.86. The minimum atomic E-state index is -3.70. The molecule has 1 aromatic heterocycles. The molecule has 2 aliphatic heterocycles. The first kappa shape index (κ1) is 23.3. The number of carbonyl (C=O) groups excluding carboxylic acids is 1. The molecule has 1 saturated heterocycles. The minimum absolute atomic E-state index is 0.155. The molecule has 178 valence electrons. The molecular formula is C22H27N3O7S. The summed E-state index contributed by atoms with van der Waals surface area (Å²) in [6, 6.07) is 8.06. The smallest absolute Gasteiger partial charge is 0.243 e. The number of fused-ring (bicyclic) bond motifs is 1. The highest BCUT2D eigenvalue weighted by molar-refractivity contribution is 7.89. The van der Waals surface area contributed by atoms with Gasteiger partial charge in [0.2, 0.25) is 21.8 Å². The molecule has 3 heterocycles. The molecule has 1 N–H and O–H groups in total. The lowest BCUT2D eigenvalue weighted by atomic mass is 9.97. The van der Waals surface area contributed by atoms with Crippen molar-refractivity contribution in [2.75, 3.05) is 51.9 Å². The molecule has 2 aromatic rings. The van der Waals surface area contributed by atoms with E-state index in [1.807, 2.05) is 0 Å². The molecule has 1 amide bonds. The van der Waals surface area contributed by atoms with E-state index >= 15 is 0 Å².